The van der Waals surface area contributed by atoms with Crippen molar-refractivity contribution in [3.8, 4) is 5.75 Å². The number of amides is 1. The molecule has 2 atom stereocenters. The van der Waals surface area contributed by atoms with Crippen molar-refractivity contribution in [2.75, 3.05) is 18.4 Å². The molecule has 5 rings (SSSR count). The molecular weight excluding hydrogens is 465 g/mol. The minimum Gasteiger partial charge on any atom is -0.502 e. The van der Waals surface area contributed by atoms with Crippen LogP contribution in [0.15, 0.2) is 64.4 Å². The Balaban J connectivity index is 1.80. The van der Waals surface area contributed by atoms with Gasteiger partial charge in [0.15, 0.2) is 11.4 Å². The number of fused-ring (bicyclic) bond motifs is 3. The molecule has 0 radical (unpaired) electrons. The van der Waals surface area contributed by atoms with Gasteiger partial charge in [-0.25, -0.2) is 4.39 Å². The van der Waals surface area contributed by atoms with Gasteiger partial charge in [0.2, 0.25) is 5.43 Å². The Morgan fingerprint density at radius 2 is 1.97 bits per heavy atom. The van der Waals surface area contributed by atoms with Gasteiger partial charge in [0.25, 0.3) is 5.91 Å². The quantitative estimate of drug-likeness (QED) is 0.599. The number of hydrogen-bond donors (Lipinski definition) is 1. The molecule has 1 amide bonds. The Morgan fingerprint density at radius 3 is 2.76 bits per heavy atom. The van der Waals surface area contributed by atoms with Crippen molar-refractivity contribution in [3.63, 3.8) is 0 Å². The molecule has 0 spiro atoms. The molecular formula is C24H21ClFN3O3S. The highest BCUT2D eigenvalue weighted by Gasteiger charge is 2.40. The molecule has 1 N–H and O–H groups in total. The van der Waals surface area contributed by atoms with E-state index in [0.29, 0.717) is 10.8 Å². The number of nitrogens with zero attached hydrogens (tertiary/aromatic N) is 3. The molecule has 33 heavy (non-hydrogen) atoms. The average molecular weight is 486 g/mol. The van der Waals surface area contributed by atoms with Crippen LogP contribution in [0, 0.1) is 0 Å². The minimum absolute atomic E-state index is 0.0492. The number of benzene rings is 2. The predicted molar refractivity (Wildman–Crippen MR) is 126 cm³/mol. The zero-order chi connectivity index (χ0) is 23.3. The number of alkyl halides is 1. The first-order chi connectivity index (χ1) is 15.9. The van der Waals surface area contributed by atoms with Crippen molar-refractivity contribution in [1.82, 2.24) is 9.58 Å². The van der Waals surface area contributed by atoms with E-state index >= 15 is 0 Å². The molecule has 3 aromatic rings. The molecule has 2 aliphatic rings. The molecule has 6 nitrogen and oxygen atoms in total. The summed E-state index contributed by atoms with van der Waals surface area (Å²) in [6, 6.07) is 13.7. The lowest BCUT2D eigenvalue weighted by Crippen LogP contribution is -2.58. The summed E-state index contributed by atoms with van der Waals surface area (Å²) in [5.74, 6) is -0.538. The third kappa shape index (κ3) is 3.48. The smallest absolute Gasteiger partial charge is 0.278 e. The lowest BCUT2D eigenvalue weighted by Gasteiger charge is -2.45. The Kier molecular flexibility index (Phi) is 5.58. The largest absolute Gasteiger partial charge is 0.502 e. The maximum atomic E-state index is 13.7. The number of carbonyl (C=O) groups is 1. The highest BCUT2D eigenvalue weighted by Crippen LogP contribution is 2.45. The number of aromatic hydroxyl groups is 1. The third-order valence-corrected chi connectivity index (χ3v) is 7.63. The second-order valence-electron chi connectivity index (χ2n) is 8.12. The summed E-state index contributed by atoms with van der Waals surface area (Å²) in [4.78, 5) is 27.8. The molecule has 0 saturated carbocycles. The van der Waals surface area contributed by atoms with E-state index < -0.39 is 35.8 Å². The Bertz CT molecular complexity index is 1310. The molecule has 0 saturated heterocycles. The molecule has 2 aromatic carbocycles. The van der Waals surface area contributed by atoms with Gasteiger partial charge in [-0.05, 0) is 30.2 Å². The maximum absolute atomic E-state index is 13.7. The normalized spacial score (nSPS) is 18.3. The first-order valence-electron chi connectivity index (χ1n) is 10.5. The monoisotopic (exact) mass is 485 g/mol. The Hall–Kier alpha value is -2.97. The minimum atomic E-state index is -0.758. The summed E-state index contributed by atoms with van der Waals surface area (Å²) < 4.78 is 15.2. The number of carbonyl (C=O) groups excluding carboxylic acids is 1. The molecule has 170 valence electrons. The Labute approximate surface area is 199 Å². The van der Waals surface area contributed by atoms with Crippen molar-refractivity contribution >= 4 is 29.3 Å². The standard InChI is InChI=1S/C24H21ClFN3O3S/c1-14(11-26)27-13-29(28-10-9-18(30)23(31)22(28)24(27)32)21-16-6-2-3-8-19(16)33-12-15-5-4-7-17(25)20(15)21/h2-10,14,21,31H,11-13H2,1H3/t14-,21+/m0/s1. The van der Waals surface area contributed by atoms with Crippen LogP contribution in [-0.4, -0.2) is 40.0 Å². The number of rotatable bonds is 3. The van der Waals surface area contributed by atoms with Crippen molar-refractivity contribution in [2.45, 2.75) is 29.7 Å². The van der Waals surface area contributed by atoms with E-state index in [1.165, 1.54) is 21.8 Å². The number of pyridine rings is 1. The zero-order valence-corrected chi connectivity index (χ0v) is 19.3. The molecule has 0 fully saturated rings. The van der Waals surface area contributed by atoms with Crippen LogP contribution in [0.1, 0.15) is 40.1 Å². The van der Waals surface area contributed by atoms with E-state index in [-0.39, 0.29) is 12.4 Å². The van der Waals surface area contributed by atoms with Crippen LogP contribution in [-0.2, 0) is 5.75 Å². The van der Waals surface area contributed by atoms with Gasteiger partial charge in [-0.3, -0.25) is 19.3 Å². The molecule has 0 bridgehead atoms. The van der Waals surface area contributed by atoms with Crippen LogP contribution in [0.5, 0.6) is 5.75 Å². The topological polar surface area (TPSA) is 65.8 Å². The highest BCUT2D eigenvalue weighted by atomic mass is 35.5. The summed E-state index contributed by atoms with van der Waals surface area (Å²) in [6.45, 7) is 0.890. The van der Waals surface area contributed by atoms with Crippen molar-refractivity contribution < 1.29 is 14.3 Å². The number of aromatic nitrogens is 1. The molecule has 2 aliphatic heterocycles. The van der Waals surface area contributed by atoms with Crippen molar-refractivity contribution in [1.29, 1.82) is 0 Å². The van der Waals surface area contributed by atoms with Gasteiger partial charge < -0.3 is 10.0 Å². The molecule has 1 aromatic heterocycles. The SMILES string of the molecule is C[C@@H](CF)N1CN([C@@H]2c3ccccc3SCc3cccc(Cl)c32)n2ccc(=O)c(O)c2C1=O. The second-order valence-corrected chi connectivity index (χ2v) is 9.55. The second kappa shape index (κ2) is 8.43. The van der Waals surface area contributed by atoms with Crippen molar-refractivity contribution in [2.24, 2.45) is 0 Å². The van der Waals surface area contributed by atoms with Gasteiger partial charge in [-0.1, -0.05) is 41.9 Å². The molecule has 3 heterocycles. The molecule has 9 heteroatoms. The zero-order valence-electron chi connectivity index (χ0n) is 17.7. The molecule has 0 aliphatic carbocycles. The first-order valence-corrected chi connectivity index (χ1v) is 11.9. The van der Waals surface area contributed by atoms with Crippen LogP contribution in [0.3, 0.4) is 0 Å². The van der Waals surface area contributed by atoms with Gasteiger partial charge in [0, 0.05) is 33.5 Å². The maximum Gasteiger partial charge on any atom is 0.278 e. The van der Waals surface area contributed by atoms with Gasteiger partial charge in [-0.15, -0.1) is 11.8 Å². The van der Waals surface area contributed by atoms with E-state index in [1.807, 2.05) is 47.5 Å². The lowest BCUT2D eigenvalue weighted by molar-refractivity contribution is 0.0576. The van der Waals surface area contributed by atoms with E-state index in [2.05, 4.69) is 0 Å². The Morgan fingerprint density at radius 1 is 1.18 bits per heavy atom. The fourth-order valence-corrected chi connectivity index (χ4v) is 5.84. The van der Waals surface area contributed by atoms with Crippen LogP contribution >= 0.6 is 23.4 Å². The van der Waals surface area contributed by atoms with Gasteiger partial charge in [-0.2, -0.15) is 0 Å². The van der Waals surface area contributed by atoms with E-state index in [1.54, 1.807) is 18.7 Å². The van der Waals surface area contributed by atoms with Crippen LogP contribution < -0.4 is 10.4 Å². The van der Waals surface area contributed by atoms with Crippen molar-refractivity contribution in [3.05, 3.63) is 92.4 Å². The van der Waals surface area contributed by atoms with E-state index in [9.17, 15) is 19.1 Å². The highest BCUT2D eigenvalue weighted by molar-refractivity contribution is 7.98. The summed E-state index contributed by atoms with van der Waals surface area (Å²) in [5.41, 5.74) is 2.04. The summed E-state index contributed by atoms with van der Waals surface area (Å²) in [5, 5.41) is 13.0. The van der Waals surface area contributed by atoms with Gasteiger partial charge in [0.1, 0.15) is 19.4 Å². The fourth-order valence-electron chi connectivity index (χ4n) is 4.46. The van der Waals surface area contributed by atoms with E-state index in [0.717, 1.165) is 21.6 Å². The lowest BCUT2D eigenvalue weighted by atomic mass is 9.94. The number of thioether (sulfide) groups is 1. The average Bonchev–Trinajstić information content (AvgIpc) is 2.99. The van der Waals surface area contributed by atoms with Gasteiger partial charge in [0.05, 0.1) is 6.04 Å². The number of hydrogen-bond acceptors (Lipinski definition) is 5. The first kappa shape index (κ1) is 21.9. The van der Waals surface area contributed by atoms with Crippen LogP contribution in [0.2, 0.25) is 5.02 Å². The van der Waals surface area contributed by atoms with Crippen LogP contribution in [0.25, 0.3) is 0 Å². The van der Waals surface area contributed by atoms with Gasteiger partial charge >= 0.3 is 0 Å². The predicted octanol–water partition coefficient (Wildman–Crippen LogP) is 4.31. The summed E-state index contributed by atoms with van der Waals surface area (Å²) in [6.07, 6.45) is 1.48. The summed E-state index contributed by atoms with van der Waals surface area (Å²) >= 11 is 8.44. The molecule has 0 unspecified atom stereocenters. The third-order valence-electron chi connectivity index (χ3n) is 6.16. The van der Waals surface area contributed by atoms with Crippen LogP contribution in [0.4, 0.5) is 4.39 Å². The fraction of sp³-hybridized carbons (Fsp3) is 0.250. The number of halogens is 2. The summed E-state index contributed by atoms with van der Waals surface area (Å²) in [7, 11) is 0. The van der Waals surface area contributed by atoms with E-state index in [4.69, 9.17) is 11.6 Å².